The summed E-state index contributed by atoms with van der Waals surface area (Å²) in [7, 11) is 3.72. The molecule has 0 aliphatic heterocycles. The van der Waals surface area contributed by atoms with Crippen molar-refractivity contribution in [2.24, 2.45) is 16.5 Å². The summed E-state index contributed by atoms with van der Waals surface area (Å²) in [6, 6.07) is 9.73. The van der Waals surface area contributed by atoms with Crippen molar-refractivity contribution in [3.8, 4) is 5.69 Å². The molecule has 2 aromatic heterocycles. The van der Waals surface area contributed by atoms with Gasteiger partial charge < -0.3 is 20.9 Å². The molecular formula is C17H18N6O. The van der Waals surface area contributed by atoms with E-state index in [-0.39, 0.29) is 5.96 Å². The van der Waals surface area contributed by atoms with Crippen LogP contribution in [0.15, 0.2) is 53.9 Å². The fourth-order valence-corrected chi connectivity index (χ4v) is 2.59. The number of aliphatic imine (C=N–C) groups is 1. The van der Waals surface area contributed by atoms with E-state index >= 15 is 0 Å². The van der Waals surface area contributed by atoms with Crippen molar-refractivity contribution in [1.29, 1.82) is 0 Å². The largest absolute Gasteiger partial charge is 0.376 e. The van der Waals surface area contributed by atoms with Crippen molar-refractivity contribution >= 4 is 28.5 Å². The molecule has 7 heteroatoms. The van der Waals surface area contributed by atoms with E-state index in [0.29, 0.717) is 5.56 Å². The number of nitrogens with zero attached hydrogens (tertiary/aromatic N) is 4. The second-order valence-electron chi connectivity index (χ2n) is 5.55. The second kappa shape index (κ2) is 6.04. The number of amides is 1. The summed E-state index contributed by atoms with van der Waals surface area (Å²) < 4.78 is 1.88. The normalized spacial score (nSPS) is 10.6. The lowest BCUT2D eigenvalue weighted by atomic mass is 10.2. The van der Waals surface area contributed by atoms with E-state index in [2.05, 4.69) is 9.98 Å². The van der Waals surface area contributed by atoms with Crippen molar-refractivity contribution in [2.45, 2.75) is 0 Å². The lowest BCUT2D eigenvalue weighted by molar-refractivity contribution is 0.100. The Kier molecular flexibility index (Phi) is 3.91. The Balaban J connectivity index is 2.19. The van der Waals surface area contributed by atoms with Crippen LogP contribution in [-0.2, 0) is 0 Å². The zero-order valence-corrected chi connectivity index (χ0v) is 13.5. The Hall–Kier alpha value is -3.35. The molecule has 0 aliphatic carbocycles. The molecule has 0 bridgehead atoms. The van der Waals surface area contributed by atoms with Crippen LogP contribution in [0.5, 0.6) is 0 Å². The number of aromatic nitrogens is 2. The number of hydrogen-bond acceptors (Lipinski definition) is 3. The molecule has 7 nitrogen and oxygen atoms in total. The third kappa shape index (κ3) is 2.79. The van der Waals surface area contributed by atoms with E-state index < -0.39 is 5.91 Å². The molecule has 0 saturated heterocycles. The predicted octanol–water partition coefficient (Wildman–Crippen LogP) is 1.51. The Bertz CT molecular complexity index is 932. The van der Waals surface area contributed by atoms with Crippen LogP contribution in [0.3, 0.4) is 0 Å². The topological polar surface area (TPSA) is 103 Å². The average Bonchev–Trinajstić information content (AvgIpc) is 2.99. The molecule has 0 unspecified atom stereocenters. The van der Waals surface area contributed by atoms with Gasteiger partial charge in [-0.25, -0.2) is 0 Å². The molecule has 0 aliphatic rings. The Morgan fingerprint density at radius 3 is 2.62 bits per heavy atom. The molecule has 0 saturated carbocycles. The summed E-state index contributed by atoms with van der Waals surface area (Å²) in [5.41, 5.74) is 13.6. The fraction of sp³-hybridized carbons (Fsp3) is 0.118. The molecule has 4 N–H and O–H groups in total. The van der Waals surface area contributed by atoms with E-state index in [4.69, 9.17) is 11.5 Å². The quantitative estimate of drug-likeness (QED) is 0.562. The molecule has 3 rings (SSSR count). The van der Waals surface area contributed by atoms with Gasteiger partial charge in [-0.1, -0.05) is 18.2 Å². The first-order valence-corrected chi connectivity index (χ1v) is 7.35. The Labute approximate surface area is 139 Å². The maximum atomic E-state index is 12.3. The predicted molar refractivity (Wildman–Crippen MR) is 95.5 cm³/mol. The minimum atomic E-state index is -0.476. The van der Waals surface area contributed by atoms with Crippen molar-refractivity contribution in [2.75, 3.05) is 19.0 Å². The molecule has 0 fully saturated rings. The maximum absolute atomic E-state index is 12.3. The van der Waals surface area contributed by atoms with Crippen molar-refractivity contribution in [1.82, 2.24) is 9.55 Å². The summed E-state index contributed by atoms with van der Waals surface area (Å²) in [5.74, 6) is -0.734. The first-order chi connectivity index (χ1) is 11.5. The lowest BCUT2D eigenvalue weighted by Gasteiger charge is -2.11. The van der Waals surface area contributed by atoms with Crippen molar-refractivity contribution < 1.29 is 4.79 Å². The van der Waals surface area contributed by atoms with Crippen LogP contribution < -0.4 is 16.4 Å². The highest BCUT2D eigenvalue weighted by Gasteiger charge is 2.17. The Morgan fingerprint density at radius 2 is 1.92 bits per heavy atom. The number of nitrogens with two attached hydrogens (primary N) is 2. The summed E-state index contributed by atoms with van der Waals surface area (Å²) in [6.45, 7) is 0. The number of carbonyl (C=O) groups excluding carboxylic acids is 1. The van der Waals surface area contributed by atoms with Gasteiger partial charge >= 0.3 is 0 Å². The summed E-state index contributed by atoms with van der Waals surface area (Å²) in [6.07, 6.45) is 5.34. The third-order valence-corrected chi connectivity index (χ3v) is 3.65. The molecule has 2 heterocycles. The van der Waals surface area contributed by atoms with E-state index in [1.165, 1.54) is 0 Å². The Morgan fingerprint density at radius 1 is 1.17 bits per heavy atom. The van der Waals surface area contributed by atoms with Gasteiger partial charge in [0.15, 0.2) is 5.96 Å². The summed E-state index contributed by atoms with van der Waals surface area (Å²) in [4.78, 5) is 22.1. The van der Waals surface area contributed by atoms with E-state index in [1.807, 2.05) is 60.1 Å². The highest BCUT2D eigenvalue weighted by molar-refractivity contribution is 6.05. The van der Waals surface area contributed by atoms with Crippen LogP contribution in [0.2, 0.25) is 0 Å². The van der Waals surface area contributed by atoms with Gasteiger partial charge in [-0.05, 0) is 12.1 Å². The first-order valence-electron chi connectivity index (χ1n) is 7.35. The second-order valence-corrected chi connectivity index (χ2v) is 5.55. The molecule has 1 aromatic carbocycles. The van der Waals surface area contributed by atoms with Gasteiger partial charge in [0.2, 0.25) is 0 Å². The van der Waals surface area contributed by atoms with E-state index in [0.717, 1.165) is 22.3 Å². The van der Waals surface area contributed by atoms with E-state index in [1.54, 1.807) is 12.4 Å². The number of benzene rings is 1. The SMILES string of the molecule is CN(C)c1cn(-c2ccnc3ccccc23)cc1C(=O)N=C(N)N. The lowest BCUT2D eigenvalue weighted by Crippen LogP contribution is -2.24. The van der Waals surface area contributed by atoms with Gasteiger partial charge in [0, 0.05) is 38.1 Å². The van der Waals surface area contributed by atoms with Crippen LogP contribution in [0, 0.1) is 0 Å². The molecule has 0 radical (unpaired) electrons. The molecule has 24 heavy (non-hydrogen) atoms. The van der Waals surface area contributed by atoms with Crippen LogP contribution in [0.25, 0.3) is 16.6 Å². The highest BCUT2D eigenvalue weighted by atomic mass is 16.1. The number of para-hydroxylation sites is 1. The number of carbonyl (C=O) groups is 1. The van der Waals surface area contributed by atoms with Crippen LogP contribution in [0.1, 0.15) is 10.4 Å². The first kappa shape index (κ1) is 15.5. The molecule has 0 atom stereocenters. The number of fused-ring (bicyclic) bond motifs is 1. The minimum Gasteiger partial charge on any atom is -0.376 e. The highest BCUT2D eigenvalue weighted by Crippen LogP contribution is 2.27. The van der Waals surface area contributed by atoms with Gasteiger partial charge in [-0.2, -0.15) is 4.99 Å². The number of hydrogen-bond donors (Lipinski definition) is 2. The fourth-order valence-electron chi connectivity index (χ4n) is 2.59. The zero-order chi connectivity index (χ0) is 17.3. The monoisotopic (exact) mass is 322 g/mol. The summed E-state index contributed by atoms with van der Waals surface area (Å²) in [5, 5.41) is 0.987. The van der Waals surface area contributed by atoms with Crippen LogP contribution in [-0.4, -0.2) is 35.5 Å². The number of anilines is 1. The number of guanidine groups is 1. The average molecular weight is 322 g/mol. The summed E-state index contributed by atoms with van der Waals surface area (Å²) >= 11 is 0. The van der Waals surface area contributed by atoms with Crippen LogP contribution >= 0.6 is 0 Å². The van der Waals surface area contributed by atoms with Gasteiger partial charge in [0.05, 0.1) is 22.5 Å². The molecular weight excluding hydrogens is 304 g/mol. The molecule has 122 valence electrons. The van der Waals surface area contributed by atoms with Crippen LogP contribution in [0.4, 0.5) is 5.69 Å². The van der Waals surface area contributed by atoms with E-state index in [9.17, 15) is 4.79 Å². The molecule has 1 amide bonds. The van der Waals surface area contributed by atoms with Gasteiger partial charge in [-0.15, -0.1) is 0 Å². The van der Waals surface area contributed by atoms with Crippen molar-refractivity contribution in [3.63, 3.8) is 0 Å². The minimum absolute atomic E-state index is 0.258. The van der Waals surface area contributed by atoms with Gasteiger partial charge in [0.1, 0.15) is 0 Å². The maximum Gasteiger partial charge on any atom is 0.283 e. The van der Waals surface area contributed by atoms with Gasteiger partial charge in [0.25, 0.3) is 5.91 Å². The number of rotatable bonds is 3. The smallest absolute Gasteiger partial charge is 0.283 e. The number of pyridine rings is 1. The van der Waals surface area contributed by atoms with Crippen molar-refractivity contribution in [3.05, 3.63) is 54.5 Å². The molecule has 3 aromatic rings. The standard InChI is InChI=1S/C17H18N6O/c1-22(2)15-10-23(9-12(15)16(24)21-17(18)19)14-7-8-20-13-6-4-3-5-11(13)14/h3-10H,1-2H3,(H4,18,19,21,24). The molecule has 0 spiro atoms. The zero-order valence-electron chi connectivity index (χ0n) is 13.5. The third-order valence-electron chi connectivity index (χ3n) is 3.65. The van der Waals surface area contributed by atoms with Gasteiger partial charge in [-0.3, -0.25) is 9.78 Å².